The van der Waals surface area contributed by atoms with Crippen molar-refractivity contribution in [3.05, 3.63) is 18.1 Å². The summed E-state index contributed by atoms with van der Waals surface area (Å²) >= 11 is 0. The van der Waals surface area contributed by atoms with Crippen LogP contribution in [0.2, 0.25) is 0 Å². The summed E-state index contributed by atoms with van der Waals surface area (Å²) in [7, 11) is 0. The molecule has 1 saturated heterocycles. The second kappa shape index (κ2) is 7.92. The van der Waals surface area contributed by atoms with Gasteiger partial charge in [0, 0.05) is 36.8 Å². The molecule has 2 aliphatic rings. The lowest BCUT2D eigenvalue weighted by atomic mass is 9.94. The first-order chi connectivity index (χ1) is 11.7. The third-order valence-electron chi connectivity index (χ3n) is 5.54. The van der Waals surface area contributed by atoms with Crippen LogP contribution in [0.25, 0.3) is 0 Å². The Labute approximate surface area is 144 Å². The number of nitrogens with zero attached hydrogens (tertiary/aromatic N) is 3. The van der Waals surface area contributed by atoms with Crippen LogP contribution in [0, 0.1) is 11.8 Å². The normalized spacial score (nSPS) is 25.0. The van der Waals surface area contributed by atoms with Gasteiger partial charge in [-0.1, -0.05) is 13.3 Å². The zero-order valence-corrected chi connectivity index (χ0v) is 14.6. The predicted molar refractivity (Wildman–Crippen MR) is 94.7 cm³/mol. The fourth-order valence-corrected chi connectivity index (χ4v) is 3.98. The van der Waals surface area contributed by atoms with E-state index in [1.165, 1.54) is 0 Å². The minimum Gasteiger partial charge on any atom is -0.356 e. The van der Waals surface area contributed by atoms with E-state index in [-0.39, 0.29) is 17.9 Å². The summed E-state index contributed by atoms with van der Waals surface area (Å²) in [4.78, 5) is 23.5. The van der Waals surface area contributed by atoms with Crippen LogP contribution in [0.15, 0.2) is 12.4 Å². The molecule has 3 rings (SSSR count). The van der Waals surface area contributed by atoms with Crippen LogP contribution >= 0.6 is 0 Å². The van der Waals surface area contributed by atoms with Crippen molar-refractivity contribution in [2.75, 3.05) is 24.5 Å². The molecule has 1 aromatic heterocycles. The molecular formula is C18H29N5O. The van der Waals surface area contributed by atoms with Crippen LogP contribution in [0.3, 0.4) is 0 Å². The fourth-order valence-electron chi connectivity index (χ4n) is 3.98. The summed E-state index contributed by atoms with van der Waals surface area (Å²) in [5.41, 5.74) is 6.88. The van der Waals surface area contributed by atoms with Crippen molar-refractivity contribution in [3.63, 3.8) is 0 Å². The zero-order chi connectivity index (χ0) is 16.9. The molecule has 6 heteroatoms. The van der Waals surface area contributed by atoms with Gasteiger partial charge in [0.1, 0.15) is 12.1 Å². The van der Waals surface area contributed by atoms with Crippen molar-refractivity contribution in [2.24, 2.45) is 17.6 Å². The Morgan fingerprint density at radius 1 is 1.29 bits per heavy atom. The maximum atomic E-state index is 12.5. The number of amides is 1. The Kier molecular flexibility index (Phi) is 5.66. The molecule has 2 heterocycles. The lowest BCUT2D eigenvalue weighted by molar-refractivity contribution is -0.126. The number of nitrogens with two attached hydrogens (primary N) is 1. The molecule has 132 valence electrons. The highest BCUT2D eigenvalue weighted by molar-refractivity contribution is 5.79. The van der Waals surface area contributed by atoms with Crippen molar-refractivity contribution in [3.8, 4) is 0 Å². The topological polar surface area (TPSA) is 84.1 Å². The summed E-state index contributed by atoms with van der Waals surface area (Å²) in [5.74, 6) is 1.72. The molecule has 0 unspecified atom stereocenters. The first-order valence-electron chi connectivity index (χ1n) is 9.27. The van der Waals surface area contributed by atoms with Crippen molar-refractivity contribution in [1.29, 1.82) is 0 Å². The standard InChI is InChI=1S/C18H29N5O/c1-2-14-10-17(21-12-20-14)23-8-6-15(7-9-23)22-18(24)16-5-3-4-13(16)11-19/h10,12-13,15-16H,2-9,11,19H2,1H3,(H,22,24)/t13-,16-/m1/s1. The zero-order valence-electron chi connectivity index (χ0n) is 14.6. The smallest absolute Gasteiger partial charge is 0.223 e. The van der Waals surface area contributed by atoms with E-state index in [4.69, 9.17) is 5.73 Å². The SMILES string of the molecule is CCc1cc(N2CCC(NC(=O)[C@@H]3CCC[C@@H]3CN)CC2)ncn1. The van der Waals surface area contributed by atoms with Crippen molar-refractivity contribution >= 4 is 11.7 Å². The predicted octanol–water partition coefficient (Wildman–Crippen LogP) is 1.50. The Balaban J connectivity index is 1.50. The molecule has 2 atom stereocenters. The molecule has 1 amide bonds. The van der Waals surface area contributed by atoms with E-state index >= 15 is 0 Å². The molecule has 0 radical (unpaired) electrons. The van der Waals surface area contributed by atoms with Crippen LogP contribution in [0.1, 0.15) is 44.7 Å². The van der Waals surface area contributed by atoms with Gasteiger partial charge in [-0.2, -0.15) is 0 Å². The van der Waals surface area contributed by atoms with Gasteiger partial charge in [0.05, 0.1) is 0 Å². The van der Waals surface area contributed by atoms with E-state index in [1.807, 2.05) is 0 Å². The molecule has 1 aliphatic carbocycles. The number of carbonyl (C=O) groups excluding carboxylic acids is 1. The van der Waals surface area contributed by atoms with Gasteiger partial charge >= 0.3 is 0 Å². The summed E-state index contributed by atoms with van der Waals surface area (Å²) in [6, 6.07) is 2.35. The van der Waals surface area contributed by atoms with E-state index in [1.54, 1.807) is 6.33 Å². The minimum absolute atomic E-state index is 0.127. The summed E-state index contributed by atoms with van der Waals surface area (Å²) in [6.07, 6.45) is 7.73. The van der Waals surface area contributed by atoms with Crippen molar-refractivity contribution in [1.82, 2.24) is 15.3 Å². The summed E-state index contributed by atoms with van der Waals surface area (Å²) < 4.78 is 0. The van der Waals surface area contributed by atoms with E-state index in [9.17, 15) is 4.79 Å². The molecule has 0 spiro atoms. The summed E-state index contributed by atoms with van der Waals surface area (Å²) in [6.45, 7) is 4.59. The van der Waals surface area contributed by atoms with Gasteiger partial charge < -0.3 is 16.0 Å². The van der Waals surface area contributed by atoms with Gasteiger partial charge in [0.15, 0.2) is 0 Å². The maximum Gasteiger partial charge on any atom is 0.223 e. The fraction of sp³-hybridized carbons (Fsp3) is 0.722. The Morgan fingerprint density at radius 2 is 2.08 bits per heavy atom. The maximum absolute atomic E-state index is 12.5. The number of hydrogen-bond acceptors (Lipinski definition) is 5. The average molecular weight is 331 g/mol. The highest BCUT2D eigenvalue weighted by Crippen LogP contribution is 2.31. The summed E-state index contributed by atoms with van der Waals surface area (Å²) in [5, 5.41) is 3.27. The van der Waals surface area contributed by atoms with Crippen LogP contribution in [0.5, 0.6) is 0 Å². The van der Waals surface area contributed by atoms with Crippen LogP contribution in [-0.2, 0) is 11.2 Å². The largest absolute Gasteiger partial charge is 0.356 e. The quantitative estimate of drug-likeness (QED) is 0.854. The number of nitrogens with one attached hydrogen (secondary N) is 1. The van der Waals surface area contributed by atoms with Gasteiger partial charge in [0.25, 0.3) is 0 Å². The number of aryl methyl sites for hydroxylation is 1. The highest BCUT2D eigenvalue weighted by atomic mass is 16.2. The second-order valence-corrected chi connectivity index (χ2v) is 7.02. The van der Waals surface area contributed by atoms with Gasteiger partial charge in [-0.05, 0) is 44.6 Å². The van der Waals surface area contributed by atoms with Crippen LogP contribution in [-0.4, -0.2) is 41.6 Å². The molecule has 0 aromatic carbocycles. The molecule has 2 fully saturated rings. The molecule has 0 bridgehead atoms. The number of hydrogen-bond donors (Lipinski definition) is 2. The van der Waals surface area contributed by atoms with E-state index in [0.29, 0.717) is 12.5 Å². The van der Waals surface area contributed by atoms with Gasteiger partial charge in [0.2, 0.25) is 5.91 Å². The molecule has 3 N–H and O–H groups in total. The number of aromatic nitrogens is 2. The number of carbonyl (C=O) groups is 1. The van der Waals surface area contributed by atoms with E-state index in [0.717, 1.165) is 63.1 Å². The number of piperidine rings is 1. The molecular weight excluding hydrogens is 302 g/mol. The molecule has 6 nitrogen and oxygen atoms in total. The Morgan fingerprint density at radius 3 is 2.79 bits per heavy atom. The third-order valence-corrected chi connectivity index (χ3v) is 5.54. The number of rotatable bonds is 5. The average Bonchev–Trinajstić information content (AvgIpc) is 3.11. The third kappa shape index (κ3) is 3.86. The number of anilines is 1. The molecule has 1 aromatic rings. The van der Waals surface area contributed by atoms with Crippen LogP contribution < -0.4 is 16.0 Å². The van der Waals surface area contributed by atoms with Gasteiger partial charge in [-0.3, -0.25) is 4.79 Å². The molecule has 1 aliphatic heterocycles. The Bertz CT molecular complexity index is 556. The monoisotopic (exact) mass is 331 g/mol. The molecule has 24 heavy (non-hydrogen) atoms. The second-order valence-electron chi connectivity index (χ2n) is 7.02. The van der Waals surface area contributed by atoms with Gasteiger partial charge in [-0.15, -0.1) is 0 Å². The minimum atomic E-state index is 0.127. The van der Waals surface area contributed by atoms with Gasteiger partial charge in [-0.25, -0.2) is 9.97 Å². The van der Waals surface area contributed by atoms with E-state index in [2.05, 4.69) is 33.2 Å². The lowest BCUT2D eigenvalue weighted by Crippen LogP contribution is -2.47. The van der Waals surface area contributed by atoms with E-state index < -0.39 is 0 Å². The van der Waals surface area contributed by atoms with Crippen molar-refractivity contribution in [2.45, 2.75) is 51.5 Å². The van der Waals surface area contributed by atoms with Crippen LogP contribution in [0.4, 0.5) is 5.82 Å². The van der Waals surface area contributed by atoms with Crippen molar-refractivity contribution < 1.29 is 4.79 Å². The lowest BCUT2D eigenvalue weighted by Gasteiger charge is -2.34. The highest BCUT2D eigenvalue weighted by Gasteiger charge is 2.33. The molecule has 1 saturated carbocycles. The first kappa shape index (κ1) is 17.1. The first-order valence-corrected chi connectivity index (χ1v) is 9.27. The Hall–Kier alpha value is -1.69.